The van der Waals surface area contributed by atoms with Crippen LogP contribution in [0.5, 0.6) is 11.5 Å². The van der Waals surface area contributed by atoms with Crippen molar-refractivity contribution in [1.82, 2.24) is 19.1 Å². The SMILES string of the molecule is CC(C)c1cc(-c2ccccc2)cc(C(C)C)c1-n1c(-c2[c-]c(Oc3[c-]c(-c4nc5ccc(C#N)cc5n4-c4c(C(C)C)cc(-c5ccccc5)cc4C(C)C)ccc3)ccc2)nc2ccc(C#N)cc21.[Pt+2]. The molecule has 0 saturated heterocycles. The summed E-state index contributed by atoms with van der Waals surface area (Å²) in [5.41, 5.74) is 17.3. The van der Waals surface area contributed by atoms with Crippen LogP contribution < -0.4 is 4.74 Å². The number of hydrogen-bond acceptors (Lipinski definition) is 5. The van der Waals surface area contributed by atoms with Crippen LogP contribution in [0.4, 0.5) is 0 Å². The zero-order valence-corrected chi connectivity index (χ0v) is 44.0. The summed E-state index contributed by atoms with van der Waals surface area (Å²) in [4.78, 5) is 10.6. The molecule has 0 aliphatic heterocycles. The largest absolute Gasteiger partial charge is 2.00 e. The van der Waals surface area contributed by atoms with E-state index in [1.807, 2.05) is 84.9 Å². The maximum Gasteiger partial charge on any atom is 2.00 e. The third-order valence-corrected chi connectivity index (χ3v) is 13.3. The van der Waals surface area contributed by atoms with E-state index in [0.717, 1.165) is 66.8 Å². The summed E-state index contributed by atoms with van der Waals surface area (Å²) < 4.78 is 11.2. The molecule has 8 aromatic carbocycles. The van der Waals surface area contributed by atoms with Crippen molar-refractivity contribution in [3.05, 3.63) is 203 Å². The molecule has 0 aliphatic rings. The predicted octanol–water partition coefficient (Wildman–Crippen LogP) is 16.7. The molecule has 10 aromatic rings. The molecule has 0 aliphatic carbocycles. The molecule has 10 rings (SSSR count). The van der Waals surface area contributed by atoms with Crippen LogP contribution in [0.2, 0.25) is 0 Å². The molecule has 0 atom stereocenters. The molecule has 7 nitrogen and oxygen atoms in total. The molecule has 0 radical (unpaired) electrons. The molecule has 72 heavy (non-hydrogen) atoms. The summed E-state index contributed by atoms with van der Waals surface area (Å²) in [7, 11) is 0. The number of nitriles is 2. The van der Waals surface area contributed by atoms with Gasteiger partial charge in [0.15, 0.2) is 0 Å². The molecule has 0 N–H and O–H groups in total. The quantitative estimate of drug-likeness (QED) is 0.114. The molecule has 2 aromatic heterocycles. The van der Waals surface area contributed by atoms with Crippen molar-refractivity contribution in [3.63, 3.8) is 0 Å². The average molecular weight is 1120 g/mol. The van der Waals surface area contributed by atoms with Crippen LogP contribution in [-0.2, 0) is 21.1 Å². The van der Waals surface area contributed by atoms with Crippen LogP contribution >= 0.6 is 0 Å². The molecule has 0 fully saturated rings. The molecule has 0 spiro atoms. The van der Waals surface area contributed by atoms with Gasteiger partial charge in [0.05, 0.1) is 57.0 Å². The van der Waals surface area contributed by atoms with E-state index in [-0.39, 0.29) is 44.7 Å². The first-order valence-electron chi connectivity index (χ1n) is 24.5. The summed E-state index contributed by atoms with van der Waals surface area (Å²) in [6.45, 7) is 17.9. The molecule has 0 unspecified atom stereocenters. The summed E-state index contributed by atoms with van der Waals surface area (Å²) >= 11 is 0. The third kappa shape index (κ3) is 9.30. The average Bonchev–Trinajstić information content (AvgIpc) is 3.96. The van der Waals surface area contributed by atoms with Crippen molar-refractivity contribution in [2.75, 3.05) is 0 Å². The van der Waals surface area contributed by atoms with Crippen molar-refractivity contribution < 1.29 is 25.8 Å². The first-order chi connectivity index (χ1) is 34.4. The van der Waals surface area contributed by atoms with Crippen molar-refractivity contribution in [2.45, 2.75) is 79.1 Å². The Morgan fingerprint density at radius 2 is 0.792 bits per heavy atom. The van der Waals surface area contributed by atoms with Gasteiger partial charge in [-0.05, 0) is 129 Å². The Morgan fingerprint density at radius 1 is 0.431 bits per heavy atom. The fourth-order valence-electron chi connectivity index (χ4n) is 9.73. The zero-order valence-electron chi connectivity index (χ0n) is 41.7. The van der Waals surface area contributed by atoms with Crippen LogP contribution in [0.15, 0.2) is 158 Å². The smallest absolute Gasteiger partial charge is 0.497 e. The van der Waals surface area contributed by atoms with Gasteiger partial charge >= 0.3 is 21.1 Å². The minimum Gasteiger partial charge on any atom is -0.497 e. The first kappa shape index (κ1) is 49.2. The van der Waals surface area contributed by atoms with Crippen LogP contribution in [-0.4, -0.2) is 19.1 Å². The van der Waals surface area contributed by atoms with Crippen molar-refractivity contribution in [1.29, 1.82) is 10.5 Å². The van der Waals surface area contributed by atoms with E-state index in [1.165, 1.54) is 22.3 Å². The fourth-order valence-corrected chi connectivity index (χ4v) is 9.73. The second-order valence-corrected chi connectivity index (χ2v) is 19.5. The summed E-state index contributed by atoms with van der Waals surface area (Å²) in [6.07, 6.45) is 0. The van der Waals surface area contributed by atoms with Crippen molar-refractivity contribution >= 4 is 22.1 Å². The fraction of sp³-hybridized carbons (Fsp3) is 0.188. The van der Waals surface area contributed by atoms with Crippen LogP contribution in [0.25, 0.3) is 78.5 Å². The van der Waals surface area contributed by atoms with Gasteiger partial charge in [-0.25, -0.2) is 0 Å². The number of ether oxygens (including phenoxy) is 1. The monoisotopic (exact) mass is 1120 g/mol. The number of imidazole rings is 2. The minimum absolute atomic E-state index is 0. The van der Waals surface area contributed by atoms with E-state index in [4.69, 9.17) is 14.7 Å². The van der Waals surface area contributed by atoms with Gasteiger partial charge in [0.25, 0.3) is 0 Å². The molecule has 0 amide bonds. The first-order valence-corrected chi connectivity index (χ1v) is 24.5. The number of nitrogens with zero attached hydrogens (tertiary/aromatic N) is 6. The van der Waals surface area contributed by atoms with E-state index in [2.05, 4.69) is 162 Å². The Morgan fingerprint density at radius 3 is 1.12 bits per heavy atom. The summed E-state index contributed by atoms with van der Waals surface area (Å²) in [5.74, 6) is 3.05. The maximum atomic E-state index is 10.1. The molecule has 8 heteroatoms. The molecule has 0 bridgehead atoms. The number of fused-ring (bicyclic) bond motifs is 2. The normalized spacial score (nSPS) is 11.4. The number of benzene rings is 8. The second kappa shape index (κ2) is 20.5. The van der Waals surface area contributed by atoms with E-state index in [1.54, 1.807) is 0 Å². The molecule has 0 saturated carbocycles. The van der Waals surface area contributed by atoms with Gasteiger partial charge in [0.2, 0.25) is 0 Å². The van der Waals surface area contributed by atoms with E-state index in [9.17, 15) is 10.5 Å². The summed E-state index contributed by atoms with van der Waals surface area (Å²) in [5, 5.41) is 20.3. The van der Waals surface area contributed by atoms with Crippen LogP contribution in [0, 0.1) is 34.8 Å². The Kier molecular flexibility index (Phi) is 14.0. The van der Waals surface area contributed by atoms with E-state index < -0.39 is 0 Å². The Labute approximate surface area is 437 Å². The predicted molar refractivity (Wildman–Crippen MR) is 287 cm³/mol. The number of rotatable bonds is 12. The molecule has 356 valence electrons. The van der Waals surface area contributed by atoms with E-state index >= 15 is 0 Å². The van der Waals surface area contributed by atoms with Crippen LogP contribution in [0.1, 0.15) is 112 Å². The van der Waals surface area contributed by atoms with Crippen LogP contribution in [0.3, 0.4) is 0 Å². The second-order valence-electron chi connectivity index (χ2n) is 19.5. The molecular formula is C64H54N6OPt. The Balaban J connectivity index is 0.00000640. The van der Waals surface area contributed by atoms with E-state index in [0.29, 0.717) is 34.3 Å². The summed E-state index contributed by atoms with van der Waals surface area (Å²) in [6, 6.07) is 65.3. The minimum atomic E-state index is 0. The Bertz CT molecular complexity index is 3420. The van der Waals surface area contributed by atoms with Gasteiger partial charge in [-0.2, -0.15) is 10.5 Å². The van der Waals surface area contributed by atoms with Crippen molar-refractivity contribution in [2.24, 2.45) is 0 Å². The number of aromatic nitrogens is 4. The van der Waals surface area contributed by atoms with Gasteiger partial charge in [-0.1, -0.05) is 128 Å². The topological polar surface area (TPSA) is 92.4 Å². The maximum absolute atomic E-state index is 10.1. The van der Waals surface area contributed by atoms with Crippen molar-refractivity contribution in [3.8, 4) is 80.0 Å². The third-order valence-electron chi connectivity index (χ3n) is 13.3. The molecular weight excluding hydrogens is 1060 g/mol. The van der Waals surface area contributed by atoms with Gasteiger partial charge in [0, 0.05) is 22.9 Å². The van der Waals surface area contributed by atoms with Gasteiger partial charge in [-0.15, -0.1) is 47.5 Å². The van der Waals surface area contributed by atoms with Gasteiger partial charge in [-0.3, -0.25) is 9.97 Å². The standard InChI is InChI=1S/C64H54N6O.Pt/c1-39(2)53-33-49(45-17-11-9-12-18-45)34-54(40(3)4)61(53)69-59-29-43(37-65)25-27-57(59)67-63(69)47-21-15-23-51(31-47)71-52-24-16-22-48(32-52)64-68-58-28-26-44(38-66)30-60(58)70(64)62-55(41(5)6)35-50(36-56(62)42(7)8)46-19-13-10-14-20-46;/h9-30,33-36,39-42H,1-8H3;/q-2;+2. The van der Waals surface area contributed by atoms with Gasteiger partial charge in [0.1, 0.15) is 0 Å². The Hall–Kier alpha value is -7.83. The molecule has 2 heterocycles. The number of hydrogen-bond donors (Lipinski definition) is 0. The zero-order chi connectivity index (χ0) is 49.5. The van der Waals surface area contributed by atoms with Gasteiger partial charge < -0.3 is 13.9 Å².